The molecule has 3 aromatic rings. The van der Waals surface area contributed by atoms with E-state index < -0.39 is 0 Å². The molecule has 1 fully saturated rings. The van der Waals surface area contributed by atoms with Crippen molar-refractivity contribution in [3.63, 3.8) is 0 Å². The first-order valence-electron chi connectivity index (χ1n) is 14.2. The predicted octanol–water partition coefficient (Wildman–Crippen LogP) is 6.46. The van der Waals surface area contributed by atoms with E-state index in [0.29, 0.717) is 24.7 Å². The number of nitrogens with one attached hydrogen (secondary N) is 1. The van der Waals surface area contributed by atoms with E-state index in [1.807, 2.05) is 24.3 Å². The van der Waals surface area contributed by atoms with Crippen LogP contribution >= 0.6 is 0 Å². The van der Waals surface area contributed by atoms with Crippen LogP contribution in [0.25, 0.3) is 0 Å². The number of anilines is 3. The molecule has 0 unspecified atom stereocenters. The summed E-state index contributed by atoms with van der Waals surface area (Å²) in [7, 11) is 3.38. The smallest absolute Gasteiger partial charge is 0.154 e. The highest BCUT2D eigenvalue weighted by Crippen LogP contribution is 2.33. The van der Waals surface area contributed by atoms with E-state index in [9.17, 15) is 0 Å². The van der Waals surface area contributed by atoms with Crippen LogP contribution in [-0.2, 0) is 24.2 Å². The second-order valence-electron chi connectivity index (χ2n) is 10.3. The molecule has 1 aromatic heterocycles. The summed E-state index contributed by atoms with van der Waals surface area (Å²) in [5, 5.41) is 3.69. The molecule has 0 saturated carbocycles. The normalized spacial score (nSPS) is 13.7. The van der Waals surface area contributed by atoms with Gasteiger partial charge in [0.1, 0.15) is 11.5 Å². The second kappa shape index (κ2) is 14.6. The molecule has 1 saturated heterocycles. The molecule has 2 aromatic carbocycles. The lowest BCUT2D eigenvalue weighted by molar-refractivity contribution is 0.0699. The Labute approximate surface area is 233 Å². The van der Waals surface area contributed by atoms with Gasteiger partial charge in [-0.2, -0.15) is 0 Å². The third-order valence-corrected chi connectivity index (χ3v) is 7.41. The number of nitrogens with zero attached hydrogens (tertiary/aromatic N) is 2. The van der Waals surface area contributed by atoms with Crippen LogP contribution in [0.1, 0.15) is 55.8 Å². The van der Waals surface area contributed by atoms with E-state index in [-0.39, 0.29) is 0 Å². The van der Waals surface area contributed by atoms with Crippen molar-refractivity contribution >= 4 is 17.2 Å². The lowest BCUT2D eigenvalue weighted by Crippen LogP contribution is -2.26. The van der Waals surface area contributed by atoms with Gasteiger partial charge in [-0.05, 0) is 73.1 Å². The van der Waals surface area contributed by atoms with Gasteiger partial charge in [-0.1, -0.05) is 44.0 Å². The summed E-state index contributed by atoms with van der Waals surface area (Å²) in [6, 6.07) is 18.6. The summed E-state index contributed by atoms with van der Waals surface area (Å²) >= 11 is 0. The number of hydrogen-bond donors (Lipinski definition) is 2. The van der Waals surface area contributed by atoms with Crippen molar-refractivity contribution in [3.8, 4) is 11.5 Å². The summed E-state index contributed by atoms with van der Waals surface area (Å²) in [4.78, 5) is 7.43. The van der Waals surface area contributed by atoms with Crippen molar-refractivity contribution in [1.82, 2.24) is 4.98 Å². The molecule has 1 aliphatic heterocycles. The summed E-state index contributed by atoms with van der Waals surface area (Å²) in [5.41, 5.74) is 12.0. The molecule has 7 heteroatoms. The van der Waals surface area contributed by atoms with Crippen LogP contribution in [-0.4, -0.2) is 39.0 Å². The number of nitrogen functional groups attached to an aromatic ring is 1. The quantitative estimate of drug-likeness (QED) is 0.231. The molecule has 2 heterocycles. The number of rotatable bonds is 14. The van der Waals surface area contributed by atoms with Crippen molar-refractivity contribution < 1.29 is 14.2 Å². The van der Waals surface area contributed by atoms with Gasteiger partial charge in [-0.15, -0.1) is 0 Å². The SMILES string of the molecule is CCCCCc1cc(NCC2CCOCC2)c(N)c(N(Cc2ccc(OC)cc2)Cc2ccc(OC)cc2)n1. The van der Waals surface area contributed by atoms with Gasteiger partial charge in [0.15, 0.2) is 5.82 Å². The minimum atomic E-state index is 0.591. The fourth-order valence-corrected chi connectivity index (χ4v) is 4.98. The Kier molecular flexibility index (Phi) is 10.7. The van der Waals surface area contributed by atoms with Crippen molar-refractivity contribution in [2.24, 2.45) is 5.92 Å². The van der Waals surface area contributed by atoms with Crippen molar-refractivity contribution in [2.45, 2.75) is 58.5 Å². The molecular formula is C32H44N4O3. The van der Waals surface area contributed by atoms with Gasteiger partial charge in [0.05, 0.1) is 25.6 Å². The van der Waals surface area contributed by atoms with Gasteiger partial charge in [-0.3, -0.25) is 0 Å². The maximum Gasteiger partial charge on any atom is 0.154 e. The number of unbranched alkanes of at least 4 members (excludes halogenated alkanes) is 2. The first-order chi connectivity index (χ1) is 19.1. The lowest BCUT2D eigenvalue weighted by atomic mass is 10.0. The Morgan fingerprint density at radius 3 is 2.05 bits per heavy atom. The van der Waals surface area contributed by atoms with Crippen LogP contribution in [0.15, 0.2) is 54.6 Å². The summed E-state index contributed by atoms with van der Waals surface area (Å²) < 4.78 is 16.3. The van der Waals surface area contributed by atoms with E-state index in [4.69, 9.17) is 24.9 Å². The maximum atomic E-state index is 6.89. The Balaban J connectivity index is 1.66. The number of pyridine rings is 1. The summed E-state index contributed by atoms with van der Waals surface area (Å²) in [5.74, 6) is 3.10. The Morgan fingerprint density at radius 2 is 1.51 bits per heavy atom. The average molecular weight is 533 g/mol. The summed E-state index contributed by atoms with van der Waals surface area (Å²) in [6.07, 6.45) is 6.57. The Morgan fingerprint density at radius 1 is 0.923 bits per heavy atom. The first kappa shape index (κ1) is 28.6. The third-order valence-electron chi connectivity index (χ3n) is 7.41. The molecule has 0 aliphatic carbocycles. The zero-order chi connectivity index (χ0) is 27.5. The molecule has 210 valence electrons. The highest BCUT2D eigenvalue weighted by molar-refractivity contribution is 5.79. The average Bonchev–Trinajstić information content (AvgIpc) is 2.98. The number of methoxy groups -OCH3 is 2. The van der Waals surface area contributed by atoms with Crippen molar-refractivity contribution in [1.29, 1.82) is 0 Å². The number of benzene rings is 2. The molecule has 0 spiro atoms. The molecular weight excluding hydrogens is 488 g/mol. The fourth-order valence-electron chi connectivity index (χ4n) is 4.98. The predicted molar refractivity (Wildman–Crippen MR) is 160 cm³/mol. The van der Waals surface area contributed by atoms with E-state index in [2.05, 4.69) is 47.5 Å². The van der Waals surface area contributed by atoms with Crippen molar-refractivity contribution in [2.75, 3.05) is 49.9 Å². The first-order valence-corrected chi connectivity index (χ1v) is 14.2. The molecule has 0 atom stereocenters. The van der Waals surface area contributed by atoms with Crippen LogP contribution in [0.3, 0.4) is 0 Å². The molecule has 0 bridgehead atoms. The topological polar surface area (TPSA) is 81.9 Å². The minimum absolute atomic E-state index is 0.591. The highest BCUT2D eigenvalue weighted by Gasteiger charge is 2.20. The number of aromatic nitrogens is 1. The molecule has 7 nitrogen and oxygen atoms in total. The number of hydrogen-bond acceptors (Lipinski definition) is 7. The Bertz CT molecular complexity index is 1100. The molecule has 39 heavy (non-hydrogen) atoms. The lowest BCUT2D eigenvalue weighted by Gasteiger charge is -2.28. The molecule has 1 aliphatic rings. The third kappa shape index (κ3) is 8.27. The van der Waals surface area contributed by atoms with Crippen LogP contribution in [0.5, 0.6) is 11.5 Å². The highest BCUT2D eigenvalue weighted by atomic mass is 16.5. The number of ether oxygens (including phenoxy) is 3. The molecule has 3 N–H and O–H groups in total. The molecule has 4 rings (SSSR count). The molecule has 0 radical (unpaired) electrons. The van der Waals surface area contributed by atoms with Gasteiger partial charge >= 0.3 is 0 Å². The van der Waals surface area contributed by atoms with Gasteiger partial charge < -0.3 is 30.2 Å². The van der Waals surface area contributed by atoms with Crippen LogP contribution in [0, 0.1) is 5.92 Å². The number of nitrogens with two attached hydrogens (primary N) is 1. The zero-order valence-corrected chi connectivity index (χ0v) is 23.7. The van der Waals surface area contributed by atoms with Crippen LogP contribution in [0.2, 0.25) is 0 Å². The van der Waals surface area contributed by atoms with E-state index in [1.54, 1.807) is 14.2 Å². The van der Waals surface area contributed by atoms with Gasteiger partial charge in [-0.25, -0.2) is 4.98 Å². The second-order valence-corrected chi connectivity index (χ2v) is 10.3. The fraction of sp³-hybridized carbons (Fsp3) is 0.469. The number of aryl methyl sites for hydroxylation is 1. The maximum absolute atomic E-state index is 6.89. The van der Waals surface area contributed by atoms with E-state index >= 15 is 0 Å². The van der Waals surface area contributed by atoms with Crippen LogP contribution in [0.4, 0.5) is 17.2 Å². The van der Waals surface area contributed by atoms with Gasteiger partial charge in [0.2, 0.25) is 0 Å². The van der Waals surface area contributed by atoms with Gasteiger partial charge in [0.25, 0.3) is 0 Å². The van der Waals surface area contributed by atoms with E-state index in [0.717, 1.165) is 74.1 Å². The Hall–Kier alpha value is -3.45. The largest absolute Gasteiger partial charge is 0.497 e. The standard InChI is InChI=1S/C32H44N4O3/c1-4-5-6-7-27-20-30(34-21-24-16-18-39-19-17-24)31(33)32(35-27)36(22-25-8-12-28(37-2)13-9-25)23-26-10-14-29(38-3)15-11-26/h8-15,20,24H,4-7,16-19,21-23,33H2,1-3H3,(H,34,35). The summed E-state index contributed by atoms with van der Waals surface area (Å²) in [6.45, 7) is 6.14. The zero-order valence-electron chi connectivity index (χ0n) is 23.7. The minimum Gasteiger partial charge on any atom is -0.497 e. The van der Waals surface area contributed by atoms with Gasteiger partial charge in [0, 0.05) is 38.5 Å². The van der Waals surface area contributed by atoms with E-state index in [1.165, 1.54) is 24.0 Å². The van der Waals surface area contributed by atoms with Crippen molar-refractivity contribution in [3.05, 3.63) is 71.4 Å². The molecule has 0 amide bonds. The monoisotopic (exact) mass is 532 g/mol. The van der Waals surface area contributed by atoms with Crippen LogP contribution < -0.4 is 25.4 Å².